The zero-order valence-electron chi connectivity index (χ0n) is 11.6. The van der Waals surface area contributed by atoms with Crippen LogP contribution in [0.5, 0.6) is 0 Å². The number of anilines is 2. The minimum Gasteiger partial charge on any atom is -0.354 e. The fourth-order valence-electron chi connectivity index (χ4n) is 2.24. The van der Waals surface area contributed by atoms with E-state index in [0.717, 1.165) is 56.7 Å². The van der Waals surface area contributed by atoms with E-state index in [2.05, 4.69) is 45.0 Å². The summed E-state index contributed by atoms with van der Waals surface area (Å²) in [6.07, 6.45) is 0. The maximum atomic E-state index is 4.58. The Morgan fingerprint density at radius 3 is 2.50 bits per heavy atom. The second-order valence-electron chi connectivity index (χ2n) is 4.64. The van der Waals surface area contributed by atoms with E-state index in [1.807, 2.05) is 6.92 Å². The fourth-order valence-corrected chi connectivity index (χ4v) is 2.24. The van der Waals surface area contributed by atoms with Crippen LogP contribution in [0.15, 0.2) is 6.07 Å². The molecule has 100 valence electrons. The Morgan fingerprint density at radius 1 is 1.17 bits per heavy atom. The monoisotopic (exact) mass is 249 g/mol. The molecular weight excluding hydrogens is 226 g/mol. The SMILES string of the molecule is CCNc1nc(C)cc(N2CCN(CC)CC2)n1. The fraction of sp³-hybridized carbons (Fsp3) is 0.692. The van der Waals surface area contributed by atoms with Gasteiger partial charge in [-0.15, -0.1) is 0 Å². The maximum absolute atomic E-state index is 4.58. The van der Waals surface area contributed by atoms with Gasteiger partial charge >= 0.3 is 0 Å². The van der Waals surface area contributed by atoms with Gasteiger partial charge in [0.2, 0.25) is 5.95 Å². The topological polar surface area (TPSA) is 44.3 Å². The minimum atomic E-state index is 0.741. The number of nitrogens with one attached hydrogen (secondary N) is 1. The Bertz CT molecular complexity index is 385. The van der Waals surface area contributed by atoms with Crippen molar-refractivity contribution in [2.45, 2.75) is 20.8 Å². The normalized spacial score (nSPS) is 16.9. The Balaban J connectivity index is 2.08. The second kappa shape index (κ2) is 6.00. The lowest BCUT2D eigenvalue weighted by Crippen LogP contribution is -2.46. The molecule has 0 spiro atoms. The quantitative estimate of drug-likeness (QED) is 0.873. The van der Waals surface area contributed by atoms with Gasteiger partial charge in [-0.05, 0) is 20.4 Å². The summed E-state index contributed by atoms with van der Waals surface area (Å²) >= 11 is 0. The summed E-state index contributed by atoms with van der Waals surface area (Å²) in [5.41, 5.74) is 1.02. The molecule has 0 bridgehead atoms. The average molecular weight is 249 g/mol. The van der Waals surface area contributed by atoms with Gasteiger partial charge in [0.25, 0.3) is 0 Å². The first-order valence-corrected chi connectivity index (χ1v) is 6.79. The van der Waals surface area contributed by atoms with Gasteiger partial charge in [0.15, 0.2) is 0 Å². The van der Waals surface area contributed by atoms with Gasteiger partial charge in [-0.2, -0.15) is 4.98 Å². The summed E-state index contributed by atoms with van der Waals surface area (Å²) in [6.45, 7) is 12.6. The van der Waals surface area contributed by atoms with Crippen LogP contribution < -0.4 is 10.2 Å². The summed E-state index contributed by atoms with van der Waals surface area (Å²) in [7, 11) is 0. The van der Waals surface area contributed by atoms with Crippen LogP contribution in [-0.2, 0) is 0 Å². The third-order valence-corrected chi connectivity index (χ3v) is 3.32. The molecule has 1 fully saturated rings. The number of hydrogen-bond donors (Lipinski definition) is 1. The Morgan fingerprint density at radius 2 is 1.89 bits per heavy atom. The predicted octanol–water partition coefficient (Wildman–Crippen LogP) is 1.36. The first kappa shape index (κ1) is 13.1. The van der Waals surface area contributed by atoms with E-state index >= 15 is 0 Å². The Labute approximate surface area is 109 Å². The standard InChI is InChI=1S/C13H23N5/c1-4-14-13-15-11(3)10-12(16-13)18-8-6-17(5-2)7-9-18/h10H,4-9H2,1-3H3,(H,14,15,16). The molecule has 1 aliphatic rings. The van der Waals surface area contributed by atoms with Gasteiger partial charge in [-0.1, -0.05) is 6.92 Å². The van der Waals surface area contributed by atoms with Crippen molar-refractivity contribution in [3.05, 3.63) is 11.8 Å². The molecule has 5 heteroatoms. The maximum Gasteiger partial charge on any atom is 0.224 e. The van der Waals surface area contributed by atoms with Gasteiger partial charge < -0.3 is 15.1 Å². The van der Waals surface area contributed by atoms with Crippen molar-refractivity contribution in [3.8, 4) is 0 Å². The van der Waals surface area contributed by atoms with Gasteiger partial charge in [0.1, 0.15) is 5.82 Å². The van der Waals surface area contributed by atoms with Crippen LogP contribution in [0, 0.1) is 6.92 Å². The number of nitrogens with zero attached hydrogens (tertiary/aromatic N) is 4. The first-order valence-electron chi connectivity index (χ1n) is 6.79. The van der Waals surface area contributed by atoms with Crippen molar-refractivity contribution in [1.29, 1.82) is 0 Å². The van der Waals surface area contributed by atoms with Crippen molar-refractivity contribution in [2.24, 2.45) is 0 Å². The van der Waals surface area contributed by atoms with Crippen LogP contribution in [0.1, 0.15) is 19.5 Å². The highest BCUT2D eigenvalue weighted by Crippen LogP contribution is 2.16. The number of aromatic nitrogens is 2. The average Bonchev–Trinajstić information content (AvgIpc) is 2.38. The van der Waals surface area contributed by atoms with Gasteiger partial charge in [0, 0.05) is 44.5 Å². The predicted molar refractivity (Wildman–Crippen MR) is 75.3 cm³/mol. The summed E-state index contributed by atoms with van der Waals surface area (Å²) in [5, 5.41) is 3.19. The summed E-state index contributed by atoms with van der Waals surface area (Å²) in [5.74, 6) is 1.79. The van der Waals surface area contributed by atoms with Crippen LogP contribution in [0.3, 0.4) is 0 Å². The molecule has 18 heavy (non-hydrogen) atoms. The van der Waals surface area contributed by atoms with Gasteiger partial charge in [0.05, 0.1) is 0 Å². The molecule has 5 nitrogen and oxygen atoms in total. The lowest BCUT2D eigenvalue weighted by Gasteiger charge is -2.34. The van der Waals surface area contributed by atoms with E-state index in [0.29, 0.717) is 0 Å². The van der Waals surface area contributed by atoms with Crippen molar-refractivity contribution < 1.29 is 0 Å². The van der Waals surface area contributed by atoms with E-state index in [4.69, 9.17) is 0 Å². The summed E-state index contributed by atoms with van der Waals surface area (Å²) in [4.78, 5) is 13.8. The highest BCUT2D eigenvalue weighted by molar-refractivity contribution is 5.45. The third-order valence-electron chi connectivity index (χ3n) is 3.32. The molecule has 1 aliphatic heterocycles. The molecular formula is C13H23N5. The lowest BCUT2D eigenvalue weighted by molar-refractivity contribution is 0.270. The van der Waals surface area contributed by atoms with Crippen molar-refractivity contribution in [1.82, 2.24) is 14.9 Å². The van der Waals surface area contributed by atoms with Gasteiger partial charge in [-0.3, -0.25) is 0 Å². The van der Waals surface area contributed by atoms with E-state index in [1.165, 1.54) is 0 Å². The van der Waals surface area contributed by atoms with Crippen LogP contribution in [0.4, 0.5) is 11.8 Å². The summed E-state index contributed by atoms with van der Waals surface area (Å²) in [6, 6.07) is 2.07. The molecule has 0 saturated carbocycles. The van der Waals surface area contributed by atoms with Crippen LogP contribution in [-0.4, -0.2) is 54.1 Å². The highest BCUT2D eigenvalue weighted by atomic mass is 15.3. The zero-order chi connectivity index (χ0) is 13.0. The number of hydrogen-bond acceptors (Lipinski definition) is 5. The molecule has 1 aromatic heterocycles. The molecule has 1 saturated heterocycles. The number of piperazine rings is 1. The van der Waals surface area contributed by atoms with Gasteiger partial charge in [-0.25, -0.2) is 4.98 Å². The molecule has 0 aliphatic carbocycles. The Kier molecular flexibility index (Phi) is 4.36. The van der Waals surface area contributed by atoms with Crippen LogP contribution in [0.2, 0.25) is 0 Å². The van der Waals surface area contributed by atoms with E-state index in [9.17, 15) is 0 Å². The zero-order valence-corrected chi connectivity index (χ0v) is 11.6. The van der Waals surface area contributed by atoms with Crippen molar-refractivity contribution >= 4 is 11.8 Å². The molecule has 2 rings (SSSR count). The number of likely N-dealkylation sites (N-methyl/N-ethyl adjacent to an activating group) is 1. The molecule has 0 aromatic carbocycles. The smallest absolute Gasteiger partial charge is 0.224 e. The third kappa shape index (κ3) is 3.10. The van der Waals surface area contributed by atoms with Crippen LogP contribution in [0.25, 0.3) is 0 Å². The Hall–Kier alpha value is -1.36. The minimum absolute atomic E-state index is 0.741. The lowest BCUT2D eigenvalue weighted by atomic mass is 10.3. The number of aryl methyl sites for hydroxylation is 1. The van der Waals surface area contributed by atoms with E-state index in [-0.39, 0.29) is 0 Å². The second-order valence-corrected chi connectivity index (χ2v) is 4.64. The largest absolute Gasteiger partial charge is 0.354 e. The van der Waals surface area contributed by atoms with E-state index in [1.54, 1.807) is 0 Å². The molecule has 2 heterocycles. The van der Waals surface area contributed by atoms with Crippen molar-refractivity contribution in [2.75, 3.05) is 49.5 Å². The molecule has 1 aromatic rings. The van der Waals surface area contributed by atoms with E-state index < -0.39 is 0 Å². The summed E-state index contributed by atoms with van der Waals surface area (Å²) < 4.78 is 0. The molecule has 0 atom stereocenters. The molecule has 0 amide bonds. The van der Waals surface area contributed by atoms with Crippen LogP contribution >= 0.6 is 0 Å². The molecule has 0 unspecified atom stereocenters. The first-order chi connectivity index (χ1) is 8.72. The number of rotatable bonds is 4. The van der Waals surface area contributed by atoms with Crippen molar-refractivity contribution in [3.63, 3.8) is 0 Å². The molecule has 1 N–H and O–H groups in total. The molecule has 0 radical (unpaired) electrons. The highest BCUT2D eigenvalue weighted by Gasteiger charge is 2.17.